The third kappa shape index (κ3) is 2.57. The maximum Gasteiger partial charge on any atom is 0.215 e. The van der Waals surface area contributed by atoms with Crippen molar-refractivity contribution < 1.29 is 19.0 Å². The van der Waals surface area contributed by atoms with Crippen molar-refractivity contribution in [3.05, 3.63) is 0 Å². The summed E-state index contributed by atoms with van der Waals surface area (Å²) in [5.41, 5.74) is 0. The summed E-state index contributed by atoms with van der Waals surface area (Å²) in [5.74, 6) is 0. The molecule has 1 aliphatic heterocycles. The molecule has 2 atom stereocenters. The molecule has 0 bridgehead atoms. The molecule has 0 N–H and O–H groups in total. The molecule has 4 heteroatoms. The largest absolute Gasteiger partial charge is 0.382 e. The van der Waals surface area contributed by atoms with Crippen molar-refractivity contribution in [3.8, 4) is 0 Å². The summed E-state index contributed by atoms with van der Waals surface area (Å²) in [5, 5.41) is 0. The predicted octanol–water partition coefficient (Wildman–Crippen LogP) is -0.0367. The monoisotopic (exact) mass is 160 g/mol. The van der Waals surface area contributed by atoms with Crippen LogP contribution in [0.15, 0.2) is 0 Å². The van der Waals surface area contributed by atoms with Crippen LogP contribution in [-0.4, -0.2) is 39.0 Å². The molecule has 0 amide bonds. The Morgan fingerprint density at radius 1 is 1.73 bits per heavy atom. The second-order valence-electron chi connectivity index (χ2n) is 2.38. The van der Waals surface area contributed by atoms with Crippen molar-refractivity contribution in [1.29, 1.82) is 0 Å². The van der Waals surface area contributed by atoms with Crippen LogP contribution in [0.2, 0.25) is 0 Å². The molecule has 1 saturated heterocycles. The highest BCUT2D eigenvalue weighted by Crippen LogP contribution is 2.10. The standard InChI is InChI=1S/C7H12O4/c1-9-5-6-2-3-10-7(4-8)11-6/h4,6-7H,2-3,5H2,1H3/t6-,7-/m0/s1. The van der Waals surface area contributed by atoms with E-state index in [1.807, 2.05) is 0 Å². The minimum Gasteiger partial charge on any atom is -0.382 e. The molecule has 0 radical (unpaired) electrons. The number of rotatable bonds is 3. The van der Waals surface area contributed by atoms with E-state index in [1.54, 1.807) is 7.11 Å². The van der Waals surface area contributed by atoms with Gasteiger partial charge >= 0.3 is 0 Å². The highest BCUT2D eigenvalue weighted by atomic mass is 16.7. The van der Waals surface area contributed by atoms with E-state index in [2.05, 4.69) is 0 Å². The Labute approximate surface area is 65.4 Å². The summed E-state index contributed by atoms with van der Waals surface area (Å²) in [7, 11) is 1.61. The van der Waals surface area contributed by atoms with Crippen molar-refractivity contribution in [2.24, 2.45) is 0 Å². The zero-order valence-corrected chi connectivity index (χ0v) is 6.49. The minimum atomic E-state index is -0.691. The highest BCUT2D eigenvalue weighted by Gasteiger charge is 2.21. The molecular formula is C7H12O4. The van der Waals surface area contributed by atoms with Crippen LogP contribution in [0.4, 0.5) is 0 Å². The molecule has 4 nitrogen and oxygen atoms in total. The van der Waals surface area contributed by atoms with Gasteiger partial charge in [-0.2, -0.15) is 0 Å². The van der Waals surface area contributed by atoms with E-state index in [0.717, 1.165) is 6.42 Å². The second-order valence-corrected chi connectivity index (χ2v) is 2.38. The Morgan fingerprint density at radius 3 is 3.18 bits per heavy atom. The highest BCUT2D eigenvalue weighted by molar-refractivity contribution is 5.53. The third-order valence-electron chi connectivity index (χ3n) is 1.51. The van der Waals surface area contributed by atoms with Crippen LogP contribution in [0.5, 0.6) is 0 Å². The van der Waals surface area contributed by atoms with Gasteiger partial charge in [0.1, 0.15) is 0 Å². The van der Waals surface area contributed by atoms with Gasteiger partial charge in [0.2, 0.25) is 6.29 Å². The summed E-state index contributed by atoms with van der Waals surface area (Å²) < 4.78 is 15.0. The van der Waals surface area contributed by atoms with Crippen molar-refractivity contribution in [3.63, 3.8) is 0 Å². The topological polar surface area (TPSA) is 44.8 Å². The molecular weight excluding hydrogens is 148 g/mol. The van der Waals surface area contributed by atoms with Crippen LogP contribution in [-0.2, 0) is 19.0 Å². The van der Waals surface area contributed by atoms with Gasteiger partial charge in [-0.15, -0.1) is 0 Å². The molecule has 0 aromatic rings. The van der Waals surface area contributed by atoms with Crippen molar-refractivity contribution >= 4 is 6.29 Å². The van der Waals surface area contributed by atoms with E-state index in [4.69, 9.17) is 14.2 Å². The van der Waals surface area contributed by atoms with Gasteiger partial charge in [-0.3, -0.25) is 4.79 Å². The fourth-order valence-electron chi connectivity index (χ4n) is 0.993. The summed E-state index contributed by atoms with van der Waals surface area (Å²) in [6.07, 6.45) is 0.757. The molecule has 1 rings (SSSR count). The average molecular weight is 160 g/mol. The van der Waals surface area contributed by atoms with Gasteiger partial charge in [-0.05, 0) is 6.42 Å². The summed E-state index contributed by atoms with van der Waals surface area (Å²) in [6.45, 7) is 1.09. The van der Waals surface area contributed by atoms with Crippen LogP contribution in [0, 0.1) is 0 Å². The van der Waals surface area contributed by atoms with E-state index in [9.17, 15) is 4.79 Å². The lowest BCUT2D eigenvalue weighted by molar-refractivity contribution is -0.209. The Morgan fingerprint density at radius 2 is 2.55 bits per heavy atom. The zero-order chi connectivity index (χ0) is 8.10. The Balaban J connectivity index is 2.27. The maximum atomic E-state index is 10.2. The fraction of sp³-hybridized carbons (Fsp3) is 0.857. The second kappa shape index (κ2) is 4.43. The lowest BCUT2D eigenvalue weighted by atomic mass is 10.2. The Hall–Kier alpha value is -0.450. The first-order chi connectivity index (χ1) is 5.36. The summed E-state index contributed by atoms with van der Waals surface area (Å²) >= 11 is 0. The van der Waals surface area contributed by atoms with E-state index in [0.29, 0.717) is 19.5 Å². The van der Waals surface area contributed by atoms with Crippen molar-refractivity contribution in [1.82, 2.24) is 0 Å². The molecule has 0 aromatic carbocycles. The molecule has 0 saturated carbocycles. The third-order valence-corrected chi connectivity index (χ3v) is 1.51. The molecule has 11 heavy (non-hydrogen) atoms. The van der Waals surface area contributed by atoms with E-state index in [1.165, 1.54) is 0 Å². The van der Waals surface area contributed by atoms with Crippen LogP contribution < -0.4 is 0 Å². The molecule has 0 unspecified atom stereocenters. The smallest absolute Gasteiger partial charge is 0.215 e. The quantitative estimate of drug-likeness (QED) is 0.543. The predicted molar refractivity (Wildman–Crippen MR) is 37.2 cm³/mol. The Bertz CT molecular complexity index is 124. The fourth-order valence-corrected chi connectivity index (χ4v) is 0.993. The molecule has 0 aromatic heterocycles. The van der Waals surface area contributed by atoms with E-state index >= 15 is 0 Å². The lowest BCUT2D eigenvalue weighted by Gasteiger charge is -2.26. The number of methoxy groups -OCH3 is 1. The van der Waals surface area contributed by atoms with E-state index < -0.39 is 6.29 Å². The number of hydrogen-bond acceptors (Lipinski definition) is 4. The van der Waals surface area contributed by atoms with Gasteiger partial charge in [-0.1, -0.05) is 0 Å². The Kier molecular flexibility index (Phi) is 3.48. The van der Waals surface area contributed by atoms with Crippen LogP contribution >= 0.6 is 0 Å². The first-order valence-corrected chi connectivity index (χ1v) is 3.58. The molecule has 0 spiro atoms. The molecule has 1 aliphatic rings. The van der Waals surface area contributed by atoms with Gasteiger partial charge in [0, 0.05) is 7.11 Å². The van der Waals surface area contributed by atoms with Gasteiger partial charge in [0.25, 0.3) is 0 Å². The summed E-state index contributed by atoms with van der Waals surface area (Å²) in [4.78, 5) is 10.2. The maximum absolute atomic E-state index is 10.2. The van der Waals surface area contributed by atoms with Crippen molar-refractivity contribution in [2.75, 3.05) is 20.3 Å². The number of carbonyl (C=O) groups is 1. The van der Waals surface area contributed by atoms with Crippen LogP contribution in [0.3, 0.4) is 0 Å². The van der Waals surface area contributed by atoms with Crippen molar-refractivity contribution in [2.45, 2.75) is 18.8 Å². The SMILES string of the molecule is COC[C@@H]1CCO[C@H](C=O)O1. The van der Waals surface area contributed by atoms with E-state index in [-0.39, 0.29) is 6.10 Å². The van der Waals surface area contributed by atoms with Gasteiger partial charge in [-0.25, -0.2) is 0 Å². The molecule has 1 heterocycles. The van der Waals surface area contributed by atoms with Gasteiger partial charge < -0.3 is 14.2 Å². The molecule has 0 aliphatic carbocycles. The molecule has 64 valence electrons. The van der Waals surface area contributed by atoms with Crippen LogP contribution in [0.25, 0.3) is 0 Å². The normalized spacial score (nSPS) is 31.7. The summed E-state index contributed by atoms with van der Waals surface area (Å²) in [6, 6.07) is 0. The number of aldehydes is 1. The number of carbonyl (C=O) groups excluding carboxylic acids is 1. The van der Waals surface area contributed by atoms with Gasteiger partial charge in [0.05, 0.1) is 19.3 Å². The first-order valence-electron chi connectivity index (χ1n) is 3.58. The minimum absolute atomic E-state index is 0.00366. The number of hydrogen-bond donors (Lipinski definition) is 0. The molecule has 1 fully saturated rings. The first kappa shape index (κ1) is 8.64. The average Bonchev–Trinajstić information content (AvgIpc) is 2.06. The van der Waals surface area contributed by atoms with Crippen LogP contribution in [0.1, 0.15) is 6.42 Å². The number of ether oxygens (including phenoxy) is 3. The van der Waals surface area contributed by atoms with Gasteiger partial charge in [0.15, 0.2) is 6.29 Å². The lowest BCUT2D eigenvalue weighted by Crippen LogP contribution is -2.35. The zero-order valence-electron chi connectivity index (χ0n) is 6.49.